The van der Waals surface area contributed by atoms with Gasteiger partial charge in [-0.15, -0.1) is 0 Å². The van der Waals surface area contributed by atoms with E-state index in [4.69, 9.17) is 14.7 Å². The van der Waals surface area contributed by atoms with Gasteiger partial charge in [-0.25, -0.2) is 4.79 Å². The number of carbonyl (C=O) groups excluding carboxylic acids is 2. The third-order valence-electron chi connectivity index (χ3n) is 2.91. The molecule has 0 atom stereocenters. The molecular weight excluding hydrogens is 312 g/mol. The number of hydrogen-bond donors (Lipinski definition) is 0. The van der Waals surface area contributed by atoms with Crippen molar-refractivity contribution in [3.8, 4) is 17.6 Å². The van der Waals surface area contributed by atoms with Crippen molar-refractivity contribution in [2.75, 3.05) is 34.4 Å². The lowest BCUT2D eigenvalue weighted by Gasteiger charge is -2.12. The fourth-order valence-electron chi connectivity index (χ4n) is 1.75. The molecule has 0 aliphatic carbocycles. The van der Waals surface area contributed by atoms with Crippen LogP contribution in [0.1, 0.15) is 12.5 Å². The van der Waals surface area contributed by atoms with E-state index in [1.165, 1.54) is 18.1 Å². The Morgan fingerprint density at radius 3 is 2.50 bits per heavy atom. The van der Waals surface area contributed by atoms with E-state index < -0.39 is 5.97 Å². The van der Waals surface area contributed by atoms with Crippen molar-refractivity contribution in [2.45, 2.75) is 6.92 Å². The molecule has 7 nitrogen and oxygen atoms in total. The molecule has 0 saturated carbocycles. The van der Waals surface area contributed by atoms with Gasteiger partial charge in [-0.05, 0) is 30.7 Å². The predicted octanol–water partition coefficient (Wildman–Crippen LogP) is 1.63. The molecule has 0 radical (unpaired) electrons. The topological polar surface area (TPSA) is 88.9 Å². The molecule has 0 bridgehead atoms. The molecule has 1 rings (SSSR count). The molecule has 0 heterocycles. The van der Waals surface area contributed by atoms with Gasteiger partial charge < -0.3 is 19.1 Å². The molecule has 0 unspecified atom stereocenters. The van der Waals surface area contributed by atoms with Gasteiger partial charge in [-0.2, -0.15) is 5.26 Å². The maximum Gasteiger partial charge on any atom is 0.343 e. The first-order valence-electron chi connectivity index (χ1n) is 7.22. The molecule has 0 aromatic heterocycles. The number of methoxy groups -OCH3 is 1. The maximum atomic E-state index is 11.9. The summed E-state index contributed by atoms with van der Waals surface area (Å²) in [4.78, 5) is 24.4. The van der Waals surface area contributed by atoms with Gasteiger partial charge >= 0.3 is 5.97 Å². The highest BCUT2D eigenvalue weighted by atomic mass is 16.6. The average Bonchev–Trinajstić information content (AvgIpc) is 2.58. The van der Waals surface area contributed by atoms with E-state index in [1.807, 2.05) is 13.0 Å². The number of rotatable bonds is 7. The van der Waals surface area contributed by atoms with Crippen molar-refractivity contribution in [2.24, 2.45) is 0 Å². The Kier molecular flexibility index (Phi) is 7.30. The number of carbonyl (C=O) groups is 2. The van der Waals surface area contributed by atoms with Gasteiger partial charge in [0.15, 0.2) is 18.1 Å². The van der Waals surface area contributed by atoms with Gasteiger partial charge in [0.05, 0.1) is 13.7 Å². The summed E-state index contributed by atoms with van der Waals surface area (Å²) in [6, 6.07) is 6.79. The van der Waals surface area contributed by atoms with Gasteiger partial charge in [-0.1, -0.05) is 6.07 Å². The summed E-state index contributed by atoms with van der Waals surface area (Å²) in [6.45, 7) is 1.96. The fraction of sp³-hybridized carbons (Fsp3) is 0.353. The molecule has 0 N–H and O–H groups in total. The largest absolute Gasteiger partial charge is 0.490 e. The fourth-order valence-corrected chi connectivity index (χ4v) is 1.75. The van der Waals surface area contributed by atoms with E-state index in [0.717, 1.165) is 0 Å². The van der Waals surface area contributed by atoms with Crippen LogP contribution in [0, 0.1) is 11.3 Å². The standard InChI is InChI=1S/C17H20N2O5/c1-5-23-15-9-12(8-13(10-18)17(21)19(2)3)6-7-14(15)24-11-16(20)22-4/h6-9H,5,11H2,1-4H3/b13-8-. The lowest BCUT2D eigenvalue weighted by atomic mass is 10.1. The normalized spacial score (nSPS) is 10.5. The number of nitriles is 1. The summed E-state index contributed by atoms with van der Waals surface area (Å²) in [5.74, 6) is -0.118. The first kappa shape index (κ1) is 19.0. The third kappa shape index (κ3) is 5.32. The van der Waals surface area contributed by atoms with Crippen molar-refractivity contribution in [3.05, 3.63) is 29.3 Å². The Morgan fingerprint density at radius 2 is 1.96 bits per heavy atom. The van der Waals surface area contributed by atoms with Crippen LogP contribution < -0.4 is 9.47 Å². The number of likely N-dealkylation sites (N-methyl/N-ethyl adjacent to an activating group) is 1. The zero-order valence-corrected chi connectivity index (χ0v) is 14.2. The SMILES string of the molecule is CCOc1cc(/C=C(/C#N)C(=O)N(C)C)ccc1OCC(=O)OC. The summed E-state index contributed by atoms with van der Waals surface area (Å²) in [5, 5.41) is 9.13. The van der Waals surface area contributed by atoms with Gasteiger partial charge in [0.25, 0.3) is 5.91 Å². The average molecular weight is 332 g/mol. The number of ether oxygens (including phenoxy) is 3. The Balaban J connectivity index is 3.10. The highest BCUT2D eigenvalue weighted by Gasteiger charge is 2.13. The minimum Gasteiger partial charge on any atom is -0.490 e. The van der Waals surface area contributed by atoms with Crippen molar-refractivity contribution >= 4 is 18.0 Å². The smallest absolute Gasteiger partial charge is 0.343 e. The highest BCUT2D eigenvalue weighted by Crippen LogP contribution is 2.29. The quantitative estimate of drug-likeness (QED) is 0.428. The zero-order chi connectivity index (χ0) is 18.1. The summed E-state index contributed by atoms with van der Waals surface area (Å²) in [5.41, 5.74) is 0.612. The third-order valence-corrected chi connectivity index (χ3v) is 2.91. The summed E-state index contributed by atoms with van der Waals surface area (Å²) in [7, 11) is 4.42. The monoisotopic (exact) mass is 332 g/mol. The van der Waals surface area contributed by atoms with E-state index in [2.05, 4.69) is 4.74 Å². The van der Waals surface area contributed by atoms with Crippen LogP contribution in [0.2, 0.25) is 0 Å². The molecule has 24 heavy (non-hydrogen) atoms. The van der Waals surface area contributed by atoms with Gasteiger partial charge in [0.2, 0.25) is 0 Å². The molecule has 1 amide bonds. The van der Waals surface area contributed by atoms with Crippen LogP contribution in [0.5, 0.6) is 11.5 Å². The molecule has 0 aliphatic heterocycles. The second kappa shape index (κ2) is 9.20. The Morgan fingerprint density at radius 1 is 1.25 bits per heavy atom. The van der Waals surface area contributed by atoms with E-state index >= 15 is 0 Å². The van der Waals surface area contributed by atoms with E-state index in [0.29, 0.717) is 23.7 Å². The maximum absolute atomic E-state index is 11.9. The van der Waals surface area contributed by atoms with E-state index in [9.17, 15) is 9.59 Å². The van der Waals surface area contributed by atoms with Crippen LogP contribution in [-0.4, -0.2) is 51.2 Å². The second-order valence-corrected chi connectivity index (χ2v) is 4.87. The first-order chi connectivity index (χ1) is 11.4. The molecule has 128 valence electrons. The molecule has 7 heteroatoms. The zero-order valence-electron chi connectivity index (χ0n) is 14.2. The molecule has 1 aromatic rings. The highest BCUT2D eigenvalue weighted by molar-refractivity contribution is 6.01. The number of benzene rings is 1. The van der Waals surface area contributed by atoms with Crippen molar-refractivity contribution in [3.63, 3.8) is 0 Å². The van der Waals surface area contributed by atoms with Crippen molar-refractivity contribution in [1.82, 2.24) is 4.90 Å². The minimum atomic E-state index is -0.509. The molecule has 0 fully saturated rings. The number of esters is 1. The Labute approximate surface area is 141 Å². The van der Waals surface area contributed by atoms with Crippen LogP contribution in [0.4, 0.5) is 0 Å². The summed E-state index contributed by atoms with van der Waals surface area (Å²) in [6.07, 6.45) is 1.47. The molecule has 0 spiro atoms. The van der Waals surface area contributed by atoms with E-state index in [-0.39, 0.29) is 18.1 Å². The van der Waals surface area contributed by atoms with Crippen LogP contribution in [0.3, 0.4) is 0 Å². The van der Waals surface area contributed by atoms with Crippen LogP contribution in [0.15, 0.2) is 23.8 Å². The van der Waals surface area contributed by atoms with Crippen molar-refractivity contribution < 1.29 is 23.8 Å². The molecule has 0 aliphatic rings. The lowest BCUT2D eigenvalue weighted by molar-refractivity contribution is -0.142. The number of hydrogen-bond acceptors (Lipinski definition) is 6. The van der Waals surface area contributed by atoms with Crippen molar-refractivity contribution in [1.29, 1.82) is 5.26 Å². The van der Waals surface area contributed by atoms with Gasteiger partial charge in [-0.3, -0.25) is 4.79 Å². The Bertz CT molecular complexity index is 674. The van der Waals surface area contributed by atoms with E-state index in [1.54, 1.807) is 32.3 Å². The minimum absolute atomic E-state index is 0.00526. The van der Waals surface area contributed by atoms with Crippen LogP contribution in [-0.2, 0) is 14.3 Å². The predicted molar refractivity (Wildman–Crippen MR) is 87.4 cm³/mol. The second-order valence-electron chi connectivity index (χ2n) is 4.87. The number of nitrogens with zero attached hydrogens (tertiary/aromatic N) is 2. The molecule has 1 aromatic carbocycles. The molecule has 0 saturated heterocycles. The van der Waals surface area contributed by atoms with Crippen LogP contribution >= 0.6 is 0 Å². The van der Waals surface area contributed by atoms with Gasteiger partial charge in [0, 0.05) is 14.1 Å². The lowest BCUT2D eigenvalue weighted by Crippen LogP contribution is -2.22. The first-order valence-corrected chi connectivity index (χ1v) is 7.22. The van der Waals surface area contributed by atoms with Crippen LogP contribution in [0.25, 0.3) is 6.08 Å². The summed E-state index contributed by atoms with van der Waals surface area (Å²) >= 11 is 0. The van der Waals surface area contributed by atoms with Gasteiger partial charge in [0.1, 0.15) is 11.6 Å². The summed E-state index contributed by atoms with van der Waals surface area (Å²) < 4.78 is 15.4. The molecular formula is C17H20N2O5. The Hall–Kier alpha value is -3.01. The number of amides is 1.